The Hall–Kier alpha value is -2.71. The van der Waals surface area contributed by atoms with E-state index in [9.17, 15) is 27.2 Å². The molecular formula is C20H21F4N3O2. The number of nitrogens with zero attached hydrogens (tertiary/aromatic N) is 2. The van der Waals surface area contributed by atoms with Crippen LogP contribution in [0.4, 0.5) is 23.5 Å². The summed E-state index contributed by atoms with van der Waals surface area (Å²) < 4.78 is 52.7. The van der Waals surface area contributed by atoms with Gasteiger partial charge >= 0.3 is 6.18 Å². The topological polar surface area (TPSA) is 66.1 Å². The predicted molar refractivity (Wildman–Crippen MR) is 99.6 cm³/mol. The van der Waals surface area contributed by atoms with Crippen LogP contribution in [-0.4, -0.2) is 29.8 Å². The maximum Gasteiger partial charge on any atom is 0.419 e. The number of Topliss-reactive ketones (excluding diaryl/α,β-unsaturated/α-hetero) is 1. The van der Waals surface area contributed by atoms with Crippen molar-refractivity contribution in [2.24, 2.45) is 5.41 Å². The first kappa shape index (κ1) is 21.0. The van der Waals surface area contributed by atoms with E-state index in [0.29, 0.717) is 11.6 Å². The number of nitrogens with one attached hydrogen (secondary N) is 1. The largest absolute Gasteiger partial charge is 0.419 e. The minimum atomic E-state index is -4.78. The zero-order valence-corrected chi connectivity index (χ0v) is 16.2. The van der Waals surface area contributed by atoms with E-state index in [0.717, 1.165) is 25.0 Å². The summed E-state index contributed by atoms with van der Waals surface area (Å²) in [6.07, 6.45) is -3.31. The van der Waals surface area contributed by atoms with Crippen LogP contribution >= 0.6 is 0 Å². The summed E-state index contributed by atoms with van der Waals surface area (Å²) in [6.45, 7) is 1.91. The van der Waals surface area contributed by atoms with Gasteiger partial charge in [0.25, 0.3) is 5.56 Å². The highest BCUT2D eigenvalue weighted by atomic mass is 19.4. The van der Waals surface area contributed by atoms with Crippen molar-refractivity contribution in [3.8, 4) is 0 Å². The van der Waals surface area contributed by atoms with Gasteiger partial charge in [0.15, 0.2) is 5.78 Å². The number of hydrogen-bond donors (Lipinski definition) is 1. The SMILES string of the molecule is CN(C)c1nc(C(=O)C[C@@H](c2ccc(C(F)(F)F)c(F)c2)C2(C)CC2)cc(=O)[nH]1. The molecule has 2 aromatic rings. The first-order valence-corrected chi connectivity index (χ1v) is 9.09. The lowest BCUT2D eigenvalue weighted by atomic mass is 9.80. The molecule has 29 heavy (non-hydrogen) atoms. The number of benzene rings is 1. The zero-order chi connectivity index (χ0) is 21.6. The van der Waals surface area contributed by atoms with Crippen molar-refractivity contribution in [2.75, 3.05) is 19.0 Å². The van der Waals surface area contributed by atoms with Crippen LogP contribution in [0, 0.1) is 11.2 Å². The summed E-state index contributed by atoms with van der Waals surface area (Å²) >= 11 is 0. The number of ketones is 1. The molecule has 1 aliphatic carbocycles. The Labute approximate surface area is 164 Å². The molecule has 0 aliphatic heterocycles. The number of carbonyl (C=O) groups excluding carboxylic acids is 1. The smallest absolute Gasteiger partial charge is 0.348 e. The van der Waals surface area contributed by atoms with E-state index in [1.54, 1.807) is 19.0 Å². The number of halogens is 4. The molecule has 1 N–H and O–H groups in total. The highest BCUT2D eigenvalue weighted by Crippen LogP contribution is 2.57. The van der Waals surface area contributed by atoms with Crippen LogP contribution in [0.15, 0.2) is 29.1 Å². The van der Waals surface area contributed by atoms with Gasteiger partial charge in [-0.15, -0.1) is 0 Å². The average molecular weight is 411 g/mol. The summed E-state index contributed by atoms with van der Waals surface area (Å²) in [5, 5.41) is 0. The van der Waals surface area contributed by atoms with Crippen LogP contribution in [0.1, 0.15) is 53.7 Å². The second-order valence-corrected chi connectivity index (χ2v) is 7.92. The van der Waals surface area contributed by atoms with Gasteiger partial charge in [0, 0.05) is 26.6 Å². The molecule has 0 radical (unpaired) electrons. The molecular weight excluding hydrogens is 390 g/mol. The van der Waals surface area contributed by atoms with E-state index in [2.05, 4.69) is 9.97 Å². The van der Waals surface area contributed by atoms with Gasteiger partial charge in [-0.25, -0.2) is 9.37 Å². The van der Waals surface area contributed by atoms with Crippen LogP contribution in [0.2, 0.25) is 0 Å². The Balaban J connectivity index is 1.93. The van der Waals surface area contributed by atoms with Crippen LogP contribution in [0.5, 0.6) is 0 Å². The van der Waals surface area contributed by atoms with E-state index in [1.165, 1.54) is 6.07 Å². The normalized spacial score (nSPS) is 16.4. The Morgan fingerprint density at radius 1 is 1.28 bits per heavy atom. The number of aromatic amines is 1. The quantitative estimate of drug-likeness (QED) is 0.573. The van der Waals surface area contributed by atoms with Gasteiger partial charge in [0.1, 0.15) is 11.5 Å². The van der Waals surface area contributed by atoms with Crippen molar-refractivity contribution in [3.05, 3.63) is 57.3 Å². The lowest BCUT2D eigenvalue weighted by Crippen LogP contribution is -2.23. The Kier molecular flexibility index (Phi) is 5.27. The standard InChI is InChI=1S/C20H21F4N3O2/c1-19(6-7-19)13(11-4-5-12(14(21)8-11)20(22,23)24)9-16(28)15-10-17(29)26-18(25-15)27(2)3/h4-5,8,10,13H,6-7,9H2,1-3H3,(H,25,26,29)/t13-/m0/s1. The molecule has 1 atom stereocenters. The molecule has 5 nitrogen and oxygen atoms in total. The van der Waals surface area contributed by atoms with Crippen molar-refractivity contribution in [1.29, 1.82) is 0 Å². The zero-order valence-electron chi connectivity index (χ0n) is 16.2. The second-order valence-electron chi connectivity index (χ2n) is 7.92. The van der Waals surface area contributed by atoms with Crippen LogP contribution in [0.25, 0.3) is 0 Å². The van der Waals surface area contributed by atoms with E-state index in [4.69, 9.17) is 0 Å². The van der Waals surface area contributed by atoms with Crippen molar-refractivity contribution < 1.29 is 22.4 Å². The number of carbonyl (C=O) groups is 1. The Morgan fingerprint density at radius 3 is 2.45 bits per heavy atom. The Morgan fingerprint density at radius 2 is 1.93 bits per heavy atom. The minimum absolute atomic E-state index is 0.0286. The van der Waals surface area contributed by atoms with E-state index in [1.807, 2.05) is 6.92 Å². The maximum atomic E-state index is 14.1. The lowest BCUT2D eigenvalue weighted by Gasteiger charge is -2.24. The molecule has 0 bridgehead atoms. The third-order valence-electron chi connectivity index (χ3n) is 5.41. The first-order valence-electron chi connectivity index (χ1n) is 9.09. The van der Waals surface area contributed by atoms with Crippen molar-refractivity contribution in [1.82, 2.24) is 9.97 Å². The van der Waals surface area contributed by atoms with Gasteiger partial charge in [0.2, 0.25) is 5.95 Å². The fourth-order valence-corrected chi connectivity index (χ4v) is 3.38. The van der Waals surface area contributed by atoms with Crippen molar-refractivity contribution in [3.63, 3.8) is 0 Å². The van der Waals surface area contributed by atoms with Crippen LogP contribution < -0.4 is 10.5 Å². The summed E-state index contributed by atoms with van der Waals surface area (Å²) in [5.41, 5.74) is -1.82. The highest BCUT2D eigenvalue weighted by Gasteiger charge is 2.46. The summed E-state index contributed by atoms with van der Waals surface area (Å²) in [6, 6.07) is 3.89. The third kappa shape index (κ3) is 4.49. The fraction of sp³-hybridized carbons (Fsp3) is 0.450. The minimum Gasteiger partial charge on any atom is -0.348 e. The summed E-state index contributed by atoms with van der Waals surface area (Å²) in [4.78, 5) is 32.9. The number of aromatic nitrogens is 2. The molecule has 1 aromatic carbocycles. The molecule has 1 fully saturated rings. The van der Waals surface area contributed by atoms with Gasteiger partial charge in [-0.2, -0.15) is 13.2 Å². The first-order chi connectivity index (χ1) is 13.4. The molecule has 0 amide bonds. The maximum absolute atomic E-state index is 14.1. The predicted octanol–water partition coefficient (Wildman–Crippen LogP) is 4.15. The molecule has 9 heteroatoms. The van der Waals surface area contributed by atoms with E-state index in [-0.39, 0.29) is 23.5 Å². The number of hydrogen-bond acceptors (Lipinski definition) is 4. The van der Waals surface area contributed by atoms with E-state index >= 15 is 0 Å². The van der Waals surface area contributed by atoms with Crippen molar-refractivity contribution >= 4 is 11.7 Å². The molecule has 3 rings (SSSR count). The lowest BCUT2D eigenvalue weighted by molar-refractivity contribution is -0.140. The number of H-pyrrole nitrogens is 1. The summed E-state index contributed by atoms with van der Waals surface area (Å²) in [5.74, 6) is -2.04. The van der Waals surface area contributed by atoms with Gasteiger partial charge in [0.05, 0.1) is 5.56 Å². The van der Waals surface area contributed by atoms with Gasteiger partial charge < -0.3 is 4.90 Å². The van der Waals surface area contributed by atoms with Gasteiger partial charge in [-0.3, -0.25) is 14.6 Å². The number of anilines is 1. The molecule has 0 saturated heterocycles. The van der Waals surface area contributed by atoms with Crippen LogP contribution in [-0.2, 0) is 6.18 Å². The molecule has 1 heterocycles. The highest BCUT2D eigenvalue weighted by molar-refractivity contribution is 5.95. The Bertz CT molecular complexity index is 994. The number of rotatable bonds is 6. The third-order valence-corrected chi connectivity index (χ3v) is 5.41. The number of alkyl halides is 3. The molecule has 1 saturated carbocycles. The van der Waals surface area contributed by atoms with Gasteiger partial charge in [-0.1, -0.05) is 13.0 Å². The van der Waals surface area contributed by atoms with Gasteiger partial charge in [-0.05, 0) is 41.9 Å². The van der Waals surface area contributed by atoms with Crippen LogP contribution in [0.3, 0.4) is 0 Å². The second kappa shape index (κ2) is 7.27. The molecule has 1 aromatic heterocycles. The van der Waals surface area contributed by atoms with E-state index < -0.39 is 34.8 Å². The monoisotopic (exact) mass is 411 g/mol. The van der Waals surface area contributed by atoms with Crippen molar-refractivity contribution in [2.45, 2.75) is 38.3 Å². The molecule has 0 unspecified atom stereocenters. The molecule has 1 aliphatic rings. The fourth-order valence-electron chi connectivity index (χ4n) is 3.38. The average Bonchev–Trinajstić information content (AvgIpc) is 3.36. The molecule has 156 valence electrons. The summed E-state index contributed by atoms with van der Waals surface area (Å²) in [7, 11) is 3.32. The molecule has 0 spiro atoms.